The van der Waals surface area contributed by atoms with Crippen LogP contribution in [0.25, 0.3) is 0 Å². The van der Waals surface area contributed by atoms with Gasteiger partial charge >= 0.3 is 5.97 Å². The second-order valence-electron chi connectivity index (χ2n) is 11.0. The van der Waals surface area contributed by atoms with Crippen molar-refractivity contribution in [3.05, 3.63) is 12.2 Å². The van der Waals surface area contributed by atoms with Crippen LogP contribution in [0.3, 0.4) is 0 Å². The van der Waals surface area contributed by atoms with Crippen molar-refractivity contribution in [2.24, 2.45) is 16.7 Å². The molecular weight excluding hydrogens is 352 g/mol. The molecule has 0 fully saturated rings. The molecule has 0 heterocycles. The molecule has 0 aromatic heterocycles. The third-order valence-corrected chi connectivity index (χ3v) is 6.25. The van der Waals surface area contributed by atoms with E-state index in [2.05, 4.69) is 62.0 Å². The van der Waals surface area contributed by atoms with E-state index in [0.29, 0.717) is 31.1 Å². The Bertz CT molecular complexity index is 509. The molecule has 0 aromatic carbocycles. The topological polar surface area (TPSA) is 44.8 Å². The maximum absolute atomic E-state index is 11.5. The van der Waals surface area contributed by atoms with E-state index in [9.17, 15) is 4.79 Å². The summed E-state index contributed by atoms with van der Waals surface area (Å²) in [4.78, 5) is 11.5. The minimum Gasteiger partial charge on any atom is -0.462 e. The minimum absolute atomic E-state index is 0.0934. The molecule has 1 atom stereocenters. The van der Waals surface area contributed by atoms with Crippen LogP contribution in [0.15, 0.2) is 12.2 Å². The van der Waals surface area contributed by atoms with Gasteiger partial charge in [-0.25, -0.2) is 4.79 Å². The predicted octanol–water partition coefficient (Wildman–Crippen LogP) is 6.18. The Morgan fingerprint density at radius 1 is 0.893 bits per heavy atom. The number of carbonyl (C=O) groups is 1. The van der Waals surface area contributed by atoms with Crippen molar-refractivity contribution in [2.75, 3.05) is 19.8 Å². The normalized spacial score (nSPS) is 14.7. The second kappa shape index (κ2) is 10.2. The van der Waals surface area contributed by atoms with Crippen LogP contribution in [0, 0.1) is 16.7 Å². The highest BCUT2D eigenvalue weighted by molar-refractivity contribution is 5.86. The Kier molecular flexibility index (Phi) is 9.93. The lowest BCUT2D eigenvalue weighted by Gasteiger charge is -2.47. The van der Waals surface area contributed by atoms with E-state index in [1.165, 1.54) is 0 Å². The van der Waals surface area contributed by atoms with E-state index in [-0.39, 0.29) is 28.0 Å². The van der Waals surface area contributed by atoms with Gasteiger partial charge in [-0.2, -0.15) is 0 Å². The quantitative estimate of drug-likeness (QED) is 0.291. The molecule has 0 aliphatic carbocycles. The molecule has 0 rings (SSSR count). The van der Waals surface area contributed by atoms with E-state index in [1.807, 2.05) is 13.8 Å². The second-order valence-corrected chi connectivity index (χ2v) is 11.0. The number of rotatable bonds is 12. The van der Waals surface area contributed by atoms with Gasteiger partial charge in [0, 0.05) is 18.6 Å². The highest BCUT2D eigenvalue weighted by atomic mass is 16.5. The van der Waals surface area contributed by atoms with Crippen LogP contribution in [0.4, 0.5) is 0 Å². The predicted molar refractivity (Wildman–Crippen MR) is 117 cm³/mol. The summed E-state index contributed by atoms with van der Waals surface area (Å²) in [5, 5.41) is 0. The molecule has 4 nitrogen and oxygen atoms in total. The van der Waals surface area contributed by atoms with Crippen LogP contribution in [-0.4, -0.2) is 37.0 Å². The van der Waals surface area contributed by atoms with E-state index in [0.717, 1.165) is 13.0 Å². The Labute approximate surface area is 174 Å². The zero-order valence-electron chi connectivity index (χ0n) is 20.5. The first-order valence-electron chi connectivity index (χ1n) is 10.5. The number of carbonyl (C=O) groups excluding carboxylic acids is 1. The molecule has 0 amide bonds. The summed E-state index contributed by atoms with van der Waals surface area (Å²) < 4.78 is 17.4. The van der Waals surface area contributed by atoms with Crippen LogP contribution in [-0.2, 0) is 19.0 Å². The van der Waals surface area contributed by atoms with E-state index >= 15 is 0 Å². The largest absolute Gasteiger partial charge is 0.462 e. The van der Waals surface area contributed by atoms with Gasteiger partial charge in [0.25, 0.3) is 0 Å². The van der Waals surface area contributed by atoms with E-state index < -0.39 is 0 Å². The third-order valence-electron chi connectivity index (χ3n) is 6.25. The van der Waals surface area contributed by atoms with Crippen molar-refractivity contribution in [3.63, 3.8) is 0 Å². The molecule has 0 aliphatic rings. The molecule has 1 unspecified atom stereocenters. The zero-order valence-corrected chi connectivity index (χ0v) is 20.5. The van der Waals surface area contributed by atoms with Crippen LogP contribution < -0.4 is 0 Å². The fourth-order valence-corrected chi connectivity index (χ4v) is 2.74. The molecule has 0 bridgehead atoms. The fourth-order valence-electron chi connectivity index (χ4n) is 2.74. The molecule has 0 N–H and O–H groups in total. The average molecular weight is 399 g/mol. The molecule has 0 aromatic rings. The maximum Gasteiger partial charge on any atom is 0.333 e. The molecule has 0 aliphatic heterocycles. The van der Waals surface area contributed by atoms with Gasteiger partial charge in [-0.1, -0.05) is 41.2 Å². The van der Waals surface area contributed by atoms with E-state index in [4.69, 9.17) is 14.2 Å². The van der Waals surface area contributed by atoms with Crippen LogP contribution in [0.5, 0.6) is 0 Å². The summed E-state index contributed by atoms with van der Waals surface area (Å²) in [7, 11) is 0. The zero-order chi connectivity index (χ0) is 22.4. The minimum atomic E-state index is -0.342. The van der Waals surface area contributed by atoms with Gasteiger partial charge in [-0.15, -0.1) is 0 Å². The summed E-state index contributed by atoms with van der Waals surface area (Å²) in [5.41, 5.74) is 0.164. The summed E-state index contributed by atoms with van der Waals surface area (Å²) in [5.74, 6) is 0.0847. The Balaban J connectivity index is 4.59. The Hall–Kier alpha value is -0.870. The van der Waals surface area contributed by atoms with Crippen molar-refractivity contribution in [3.8, 4) is 0 Å². The summed E-state index contributed by atoms with van der Waals surface area (Å²) in [6.45, 7) is 28.9. The smallest absolute Gasteiger partial charge is 0.333 e. The molecule has 28 heavy (non-hydrogen) atoms. The summed E-state index contributed by atoms with van der Waals surface area (Å²) in [6.07, 6.45) is 1.61. The lowest BCUT2D eigenvalue weighted by molar-refractivity contribution is -0.141. The number of hydrogen-bond acceptors (Lipinski definition) is 4. The van der Waals surface area contributed by atoms with Gasteiger partial charge in [0.15, 0.2) is 0 Å². The maximum atomic E-state index is 11.5. The van der Waals surface area contributed by atoms with Crippen LogP contribution in [0.1, 0.15) is 89.0 Å². The Morgan fingerprint density at radius 3 is 1.89 bits per heavy atom. The van der Waals surface area contributed by atoms with Crippen molar-refractivity contribution in [2.45, 2.75) is 100 Å². The average Bonchev–Trinajstić information content (AvgIpc) is 2.50. The SMILES string of the molecule is C=C(C)C(=O)OCCC(C)(C)OCCC(C)(C)C(C)(C)C(C)COC(C)(C)C. The van der Waals surface area contributed by atoms with Crippen molar-refractivity contribution in [1.29, 1.82) is 0 Å². The molecule has 166 valence electrons. The lowest BCUT2D eigenvalue weighted by atomic mass is 9.60. The highest BCUT2D eigenvalue weighted by Crippen LogP contribution is 2.47. The molecule has 4 heteroatoms. The molecule has 0 radical (unpaired) electrons. The fraction of sp³-hybridized carbons (Fsp3) is 0.875. The lowest BCUT2D eigenvalue weighted by Crippen LogP contribution is -2.42. The standard InChI is InChI=1S/C24H46O4/c1-18(2)20(25)26-15-14-23(9,10)27-16-13-22(7,8)24(11,12)19(3)17-28-21(4,5)6/h19H,1,13-17H2,2-12H3. The van der Waals surface area contributed by atoms with E-state index in [1.54, 1.807) is 6.92 Å². The van der Waals surface area contributed by atoms with Gasteiger partial charge in [0.1, 0.15) is 0 Å². The first-order valence-corrected chi connectivity index (χ1v) is 10.5. The molecule has 0 spiro atoms. The van der Waals surface area contributed by atoms with Gasteiger partial charge in [0.05, 0.1) is 24.4 Å². The monoisotopic (exact) mass is 398 g/mol. The van der Waals surface area contributed by atoms with Crippen molar-refractivity contribution in [1.82, 2.24) is 0 Å². The van der Waals surface area contributed by atoms with Crippen LogP contribution in [0.2, 0.25) is 0 Å². The van der Waals surface area contributed by atoms with Gasteiger partial charge in [-0.3, -0.25) is 0 Å². The highest BCUT2D eigenvalue weighted by Gasteiger charge is 2.41. The molecule has 0 saturated carbocycles. The number of esters is 1. The van der Waals surface area contributed by atoms with Gasteiger partial charge in [0.2, 0.25) is 0 Å². The van der Waals surface area contributed by atoms with Gasteiger partial charge < -0.3 is 14.2 Å². The third kappa shape index (κ3) is 9.56. The first-order chi connectivity index (χ1) is 12.4. The summed E-state index contributed by atoms with van der Waals surface area (Å²) in [6, 6.07) is 0. The Morgan fingerprint density at radius 2 is 1.43 bits per heavy atom. The van der Waals surface area contributed by atoms with Crippen LogP contribution >= 0.6 is 0 Å². The number of hydrogen-bond donors (Lipinski definition) is 0. The summed E-state index contributed by atoms with van der Waals surface area (Å²) >= 11 is 0. The molecule has 0 saturated heterocycles. The first kappa shape index (κ1) is 27.1. The number of ether oxygens (including phenoxy) is 3. The van der Waals surface area contributed by atoms with Gasteiger partial charge in [-0.05, 0) is 64.7 Å². The molecular formula is C24H46O4. The van der Waals surface area contributed by atoms with Crippen molar-refractivity contribution < 1.29 is 19.0 Å². The van der Waals surface area contributed by atoms with Crippen molar-refractivity contribution >= 4 is 5.97 Å².